The summed E-state index contributed by atoms with van der Waals surface area (Å²) in [5, 5.41) is 10.5. The number of ether oxygens (including phenoxy) is 4. The van der Waals surface area contributed by atoms with Gasteiger partial charge >= 0.3 is 39.5 Å². The van der Waals surface area contributed by atoms with Crippen molar-refractivity contribution in [1.82, 2.24) is 0 Å². The SMILES string of the molecule is CCCCCCCCCCCCCC(=O)O[C@H](COC(=O)CCCCCCCCCC)COP(=O)(O)OC[C@@H](O)COP(=O)(O)OC[C@@H](COC(=O)CCCCCCCCCC)OC(=O)CCCCCCCCCC. The van der Waals surface area contributed by atoms with Crippen LogP contribution in [0.1, 0.15) is 278 Å². The lowest BCUT2D eigenvalue weighted by atomic mass is 10.1. The van der Waals surface area contributed by atoms with Gasteiger partial charge in [0.1, 0.15) is 19.3 Å². The average molecular weight is 1120 g/mol. The maximum atomic E-state index is 12.9. The normalized spacial score (nSPS) is 14.4. The summed E-state index contributed by atoms with van der Waals surface area (Å²) in [5.41, 5.74) is 0. The number of aliphatic hydroxyl groups is 1. The number of hydrogen-bond acceptors (Lipinski definition) is 15. The number of carbonyl (C=O) groups is 4. The number of carbonyl (C=O) groups excluding carboxylic acids is 4. The smallest absolute Gasteiger partial charge is 0.462 e. The van der Waals surface area contributed by atoms with Crippen LogP contribution < -0.4 is 0 Å². The third-order valence-corrected chi connectivity index (χ3v) is 14.8. The highest BCUT2D eigenvalue weighted by molar-refractivity contribution is 7.47. The van der Waals surface area contributed by atoms with Crippen LogP contribution in [-0.4, -0.2) is 96.7 Å². The fourth-order valence-electron chi connectivity index (χ4n) is 8.22. The van der Waals surface area contributed by atoms with Crippen LogP contribution in [0.5, 0.6) is 0 Å². The van der Waals surface area contributed by atoms with Crippen molar-refractivity contribution in [2.75, 3.05) is 39.6 Å². The minimum absolute atomic E-state index is 0.105. The van der Waals surface area contributed by atoms with Crippen molar-refractivity contribution in [3.05, 3.63) is 0 Å². The van der Waals surface area contributed by atoms with Crippen LogP contribution in [0.4, 0.5) is 0 Å². The van der Waals surface area contributed by atoms with E-state index in [-0.39, 0.29) is 25.7 Å². The number of phosphoric acid groups is 2. The number of hydrogen-bond donors (Lipinski definition) is 3. The van der Waals surface area contributed by atoms with Gasteiger partial charge in [-0.2, -0.15) is 0 Å². The first kappa shape index (κ1) is 73.1. The van der Waals surface area contributed by atoms with Gasteiger partial charge in [-0.25, -0.2) is 9.13 Å². The largest absolute Gasteiger partial charge is 0.472 e. The molecule has 0 amide bonds. The topological polar surface area (TPSA) is 237 Å². The van der Waals surface area contributed by atoms with Gasteiger partial charge in [0.05, 0.1) is 26.4 Å². The predicted octanol–water partition coefficient (Wildman–Crippen LogP) is 14.8. The Bertz CT molecular complexity index is 1470. The summed E-state index contributed by atoms with van der Waals surface area (Å²) in [6, 6.07) is 0. The summed E-state index contributed by atoms with van der Waals surface area (Å²) < 4.78 is 67.5. The number of phosphoric ester groups is 2. The standard InChI is InChI=1S/C56H108O17P2/c1-5-9-13-17-21-25-26-27-31-35-39-43-56(61)73-52(47-67-54(59)41-37-33-29-23-19-15-11-7-3)49-71-75(64,65)69-45-50(57)44-68-74(62,63)70-48-51(72-55(60)42-38-34-30-24-20-16-12-8-4)46-66-53(58)40-36-32-28-22-18-14-10-6-2/h50-52,57H,5-49H2,1-4H3,(H,62,63)(H,64,65)/t50-,51+,52+/m0/s1. The van der Waals surface area contributed by atoms with Gasteiger partial charge in [-0.1, -0.05) is 227 Å². The van der Waals surface area contributed by atoms with Crippen molar-refractivity contribution in [2.45, 2.75) is 296 Å². The molecular formula is C56H108O17P2. The molecule has 5 atom stereocenters. The Morgan fingerprint density at radius 3 is 0.787 bits per heavy atom. The number of rotatable bonds is 57. The van der Waals surface area contributed by atoms with Crippen LogP contribution in [0.25, 0.3) is 0 Å². The molecule has 0 radical (unpaired) electrons. The lowest BCUT2D eigenvalue weighted by Crippen LogP contribution is -2.30. The summed E-state index contributed by atoms with van der Waals surface area (Å²) in [6.07, 6.45) is 33.5. The second-order valence-electron chi connectivity index (χ2n) is 20.3. The number of esters is 4. The third kappa shape index (κ3) is 51.3. The molecule has 3 N–H and O–H groups in total. The minimum Gasteiger partial charge on any atom is -0.462 e. The van der Waals surface area contributed by atoms with Crippen LogP contribution in [0.2, 0.25) is 0 Å². The molecule has 0 saturated carbocycles. The zero-order chi connectivity index (χ0) is 55.5. The zero-order valence-corrected chi connectivity index (χ0v) is 49.3. The summed E-state index contributed by atoms with van der Waals surface area (Å²) >= 11 is 0. The molecule has 0 spiro atoms. The van der Waals surface area contributed by atoms with Gasteiger partial charge in [0, 0.05) is 25.7 Å². The van der Waals surface area contributed by atoms with E-state index in [1.807, 2.05) is 0 Å². The minimum atomic E-state index is -4.93. The van der Waals surface area contributed by atoms with E-state index in [1.165, 1.54) is 89.9 Å². The number of unbranched alkanes of at least 4 members (excludes halogenated alkanes) is 31. The van der Waals surface area contributed by atoms with E-state index in [9.17, 15) is 43.2 Å². The van der Waals surface area contributed by atoms with Gasteiger partial charge in [0.25, 0.3) is 0 Å². The molecule has 0 aromatic rings. The molecule has 0 bridgehead atoms. The van der Waals surface area contributed by atoms with Crippen molar-refractivity contribution in [2.24, 2.45) is 0 Å². The summed E-state index contributed by atoms with van der Waals surface area (Å²) in [7, 11) is -9.86. The highest BCUT2D eigenvalue weighted by Gasteiger charge is 2.30. The van der Waals surface area contributed by atoms with E-state index in [0.29, 0.717) is 25.7 Å². The molecule has 0 aromatic carbocycles. The quantitative estimate of drug-likeness (QED) is 0.0222. The van der Waals surface area contributed by atoms with Gasteiger partial charge in [-0.05, 0) is 25.7 Å². The second-order valence-corrected chi connectivity index (χ2v) is 23.2. The molecule has 0 aliphatic heterocycles. The van der Waals surface area contributed by atoms with Crippen LogP contribution in [0.15, 0.2) is 0 Å². The van der Waals surface area contributed by atoms with E-state index in [4.69, 9.17) is 37.0 Å². The molecule has 444 valence electrons. The van der Waals surface area contributed by atoms with Crippen molar-refractivity contribution in [3.63, 3.8) is 0 Å². The van der Waals surface area contributed by atoms with E-state index in [1.54, 1.807) is 0 Å². The molecule has 0 aliphatic carbocycles. The molecular weight excluding hydrogens is 1010 g/mol. The Morgan fingerprint density at radius 2 is 0.533 bits per heavy atom. The van der Waals surface area contributed by atoms with Crippen molar-refractivity contribution >= 4 is 39.5 Å². The Kier molecular flexibility index (Phi) is 50.2. The Hall–Kier alpha value is -1.94. The second kappa shape index (κ2) is 51.5. The van der Waals surface area contributed by atoms with Crippen LogP contribution in [0, 0.1) is 0 Å². The Balaban J connectivity index is 5.20. The zero-order valence-electron chi connectivity index (χ0n) is 47.5. The van der Waals surface area contributed by atoms with E-state index in [2.05, 4.69) is 27.7 Å². The molecule has 75 heavy (non-hydrogen) atoms. The number of aliphatic hydroxyl groups excluding tert-OH is 1. The molecule has 0 aliphatic rings. The molecule has 0 heterocycles. The first-order chi connectivity index (χ1) is 36.2. The highest BCUT2D eigenvalue weighted by Crippen LogP contribution is 2.45. The molecule has 17 nitrogen and oxygen atoms in total. The molecule has 2 unspecified atom stereocenters. The molecule has 0 saturated heterocycles. The summed E-state index contributed by atoms with van der Waals surface area (Å²) in [4.78, 5) is 71.6. The maximum Gasteiger partial charge on any atom is 0.472 e. The molecule has 0 fully saturated rings. The van der Waals surface area contributed by atoms with E-state index in [0.717, 1.165) is 109 Å². The van der Waals surface area contributed by atoms with Gasteiger partial charge in [0.15, 0.2) is 12.2 Å². The lowest BCUT2D eigenvalue weighted by molar-refractivity contribution is -0.161. The fourth-order valence-corrected chi connectivity index (χ4v) is 9.80. The molecule has 0 aromatic heterocycles. The van der Waals surface area contributed by atoms with Crippen LogP contribution in [-0.2, 0) is 65.4 Å². The van der Waals surface area contributed by atoms with E-state index >= 15 is 0 Å². The van der Waals surface area contributed by atoms with Gasteiger partial charge in [0.2, 0.25) is 0 Å². The van der Waals surface area contributed by atoms with Crippen LogP contribution >= 0.6 is 15.6 Å². The first-order valence-corrected chi connectivity index (χ1v) is 32.8. The highest BCUT2D eigenvalue weighted by atomic mass is 31.2. The van der Waals surface area contributed by atoms with Gasteiger partial charge < -0.3 is 33.8 Å². The predicted molar refractivity (Wildman–Crippen MR) is 294 cm³/mol. The van der Waals surface area contributed by atoms with Crippen molar-refractivity contribution in [1.29, 1.82) is 0 Å². The van der Waals surface area contributed by atoms with Crippen molar-refractivity contribution < 1.29 is 80.2 Å². The molecule has 19 heteroatoms. The average Bonchev–Trinajstić information content (AvgIpc) is 3.38. The monoisotopic (exact) mass is 1110 g/mol. The molecule has 0 rings (SSSR count). The van der Waals surface area contributed by atoms with Gasteiger partial charge in [-0.15, -0.1) is 0 Å². The Morgan fingerprint density at radius 1 is 0.320 bits per heavy atom. The first-order valence-electron chi connectivity index (χ1n) is 29.8. The maximum absolute atomic E-state index is 12.9. The Labute approximate surface area is 454 Å². The third-order valence-electron chi connectivity index (χ3n) is 12.9. The van der Waals surface area contributed by atoms with Gasteiger partial charge in [-0.3, -0.25) is 37.3 Å². The van der Waals surface area contributed by atoms with Crippen LogP contribution in [0.3, 0.4) is 0 Å². The van der Waals surface area contributed by atoms with Crippen molar-refractivity contribution in [3.8, 4) is 0 Å². The van der Waals surface area contributed by atoms with E-state index < -0.39 is 97.5 Å². The fraction of sp³-hybridized carbons (Fsp3) is 0.929. The lowest BCUT2D eigenvalue weighted by Gasteiger charge is -2.21. The summed E-state index contributed by atoms with van der Waals surface area (Å²) in [6.45, 7) is 4.75. The summed E-state index contributed by atoms with van der Waals surface area (Å²) in [5.74, 6) is -2.15.